The van der Waals surface area contributed by atoms with Crippen LogP contribution in [0.15, 0.2) is 24.3 Å². The lowest BCUT2D eigenvalue weighted by atomic mass is 9.88. The van der Waals surface area contributed by atoms with Crippen molar-refractivity contribution in [2.75, 3.05) is 39.4 Å². The van der Waals surface area contributed by atoms with Crippen LogP contribution >= 0.6 is 0 Å². The van der Waals surface area contributed by atoms with Crippen molar-refractivity contribution < 1.29 is 24.5 Å². The van der Waals surface area contributed by atoms with E-state index in [0.717, 1.165) is 24.9 Å². The molecule has 7 nitrogen and oxygen atoms in total. The van der Waals surface area contributed by atoms with Crippen molar-refractivity contribution in [1.29, 1.82) is 0 Å². The number of amides is 1. The highest BCUT2D eigenvalue weighted by Crippen LogP contribution is 2.28. The van der Waals surface area contributed by atoms with E-state index in [1.54, 1.807) is 4.90 Å². The number of carbonyl (C=O) groups is 1. The monoisotopic (exact) mass is 392 g/mol. The van der Waals surface area contributed by atoms with Crippen molar-refractivity contribution in [2.24, 2.45) is 0 Å². The molecule has 2 atom stereocenters. The van der Waals surface area contributed by atoms with Crippen LogP contribution < -0.4 is 4.74 Å². The predicted octanol–water partition coefficient (Wildman–Crippen LogP) is 1.79. The molecule has 2 aliphatic heterocycles. The minimum absolute atomic E-state index is 0.0514. The highest BCUT2D eigenvalue weighted by atomic mass is 16.6. The van der Waals surface area contributed by atoms with E-state index in [9.17, 15) is 15.0 Å². The number of aliphatic hydroxyl groups excluding tert-OH is 1. The molecule has 156 valence electrons. The first-order chi connectivity index (χ1) is 13.4. The molecular formula is C21H32N2O5. The Morgan fingerprint density at radius 2 is 2.00 bits per heavy atom. The van der Waals surface area contributed by atoms with E-state index in [1.165, 1.54) is 0 Å². The van der Waals surface area contributed by atoms with E-state index in [-0.39, 0.29) is 18.7 Å². The number of rotatable bonds is 5. The summed E-state index contributed by atoms with van der Waals surface area (Å²) in [7, 11) is 0. The number of benzene rings is 1. The summed E-state index contributed by atoms with van der Waals surface area (Å²) < 4.78 is 10.9. The first-order valence-electron chi connectivity index (χ1n) is 10.2. The lowest BCUT2D eigenvalue weighted by Crippen LogP contribution is -2.62. The minimum atomic E-state index is -1.31. The summed E-state index contributed by atoms with van der Waals surface area (Å²) in [5, 5.41) is 21.5. The Labute approximate surface area is 166 Å². The van der Waals surface area contributed by atoms with E-state index in [4.69, 9.17) is 9.47 Å². The molecule has 1 aromatic rings. The summed E-state index contributed by atoms with van der Waals surface area (Å²) in [6, 6.07) is 7.95. The Morgan fingerprint density at radius 1 is 1.25 bits per heavy atom. The maximum atomic E-state index is 11.9. The van der Waals surface area contributed by atoms with Gasteiger partial charge in [0.1, 0.15) is 18.0 Å². The molecule has 2 fully saturated rings. The van der Waals surface area contributed by atoms with Crippen LogP contribution in [0.2, 0.25) is 0 Å². The smallest absolute Gasteiger partial charge is 0.409 e. The third-order valence-electron chi connectivity index (χ3n) is 5.77. The van der Waals surface area contributed by atoms with Gasteiger partial charge in [-0.15, -0.1) is 0 Å². The lowest BCUT2D eigenvalue weighted by molar-refractivity contribution is -0.147. The molecule has 7 heteroatoms. The summed E-state index contributed by atoms with van der Waals surface area (Å²) in [5.74, 6) is 0.695. The van der Waals surface area contributed by atoms with Gasteiger partial charge in [-0.25, -0.2) is 4.79 Å². The van der Waals surface area contributed by atoms with Crippen LogP contribution in [0.25, 0.3) is 0 Å². The number of aryl methyl sites for hydroxylation is 1. The van der Waals surface area contributed by atoms with Crippen molar-refractivity contribution in [2.45, 2.75) is 50.9 Å². The molecule has 0 aromatic heterocycles. The molecule has 2 saturated heterocycles. The van der Waals surface area contributed by atoms with Crippen LogP contribution in [0.4, 0.5) is 4.79 Å². The van der Waals surface area contributed by atoms with Gasteiger partial charge in [0.15, 0.2) is 0 Å². The number of carbonyl (C=O) groups excluding carboxylic acids is 1. The summed E-state index contributed by atoms with van der Waals surface area (Å²) in [5.41, 5.74) is -0.219. The molecular weight excluding hydrogens is 360 g/mol. The maximum absolute atomic E-state index is 11.9. The van der Waals surface area contributed by atoms with Crippen LogP contribution in [0.3, 0.4) is 0 Å². The van der Waals surface area contributed by atoms with E-state index in [2.05, 4.69) is 4.90 Å². The number of hydrogen-bond acceptors (Lipinski definition) is 6. The first kappa shape index (κ1) is 20.9. The van der Waals surface area contributed by atoms with Gasteiger partial charge >= 0.3 is 6.09 Å². The molecule has 0 spiro atoms. The Balaban J connectivity index is 1.55. The average molecular weight is 392 g/mol. The van der Waals surface area contributed by atoms with Crippen molar-refractivity contribution in [3.05, 3.63) is 29.8 Å². The van der Waals surface area contributed by atoms with Gasteiger partial charge in [0.25, 0.3) is 0 Å². The Kier molecular flexibility index (Phi) is 6.80. The average Bonchev–Trinajstić information content (AvgIpc) is 2.69. The second kappa shape index (κ2) is 9.11. The van der Waals surface area contributed by atoms with Crippen molar-refractivity contribution in [1.82, 2.24) is 9.80 Å². The molecule has 2 N–H and O–H groups in total. The van der Waals surface area contributed by atoms with Gasteiger partial charge in [0.2, 0.25) is 0 Å². The van der Waals surface area contributed by atoms with Gasteiger partial charge in [-0.1, -0.05) is 12.1 Å². The fourth-order valence-corrected chi connectivity index (χ4v) is 4.09. The second-order valence-electron chi connectivity index (χ2n) is 7.90. The summed E-state index contributed by atoms with van der Waals surface area (Å²) in [4.78, 5) is 15.8. The third-order valence-corrected chi connectivity index (χ3v) is 5.77. The van der Waals surface area contributed by atoms with Crippen LogP contribution in [0, 0.1) is 6.92 Å². The normalized spacial score (nSPS) is 26.9. The zero-order chi connectivity index (χ0) is 20.1. The van der Waals surface area contributed by atoms with E-state index < -0.39 is 11.7 Å². The highest BCUT2D eigenvalue weighted by Gasteiger charge is 2.44. The minimum Gasteiger partial charge on any atom is -0.490 e. The molecule has 0 radical (unpaired) electrons. The Bertz CT molecular complexity index is 662. The van der Waals surface area contributed by atoms with Crippen LogP contribution in [0.1, 0.15) is 31.7 Å². The van der Waals surface area contributed by atoms with Crippen LogP contribution in [-0.2, 0) is 4.74 Å². The number of aliphatic hydroxyl groups is 2. The van der Waals surface area contributed by atoms with E-state index >= 15 is 0 Å². The number of nitrogens with zero attached hydrogens (tertiary/aromatic N) is 2. The van der Waals surface area contributed by atoms with Crippen molar-refractivity contribution >= 4 is 6.09 Å². The molecule has 3 rings (SSSR count). The largest absolute Gasteiger partial charge is 0.490 e. The van der Waals surface area contributed by atoms with Gasteiger partial charge in [-0.05, 0) is 50.8 Å². The quantitative estimate of drug-likeness (QED) is 0.795. The fourth-order valence-electron chi connectivity index (χ4n) is 4.09. The second-order valence-corrected chi connectivity index (χ2v) is 7.90. The molecule has 28 heavy (non-hydrogen) atoms. The third kappa shape index (κ3) is 4.96. The van der Waals surface area contributed by atoms with Crippen molar-refractivity contribution in [3.8, 4) is 5.75 Å². The number of likely N-dealkylation sites (tertiary alicyclic amines) is 2. The predicted molar refractivity (Wildman–Crippen MR) is 105 cm³/mol. The lowest BCUT2D eigenvalue weighted by Gasteiger charge is -2.47. The standard InChI is InChI=1S/C21H32N2O5/c1-3-27-20(25)22-10-7-17(8-11-22)23-12-9-19(24)21(26,14-23)15-28-18-6-4-5-16(2)13-18/h4-6,13,17,19,24,26H,3,7-12,14-15H2,1-2H3/t19-,21-/m0/s1. The maximum Gasteiger partial charge on any atom is 0.409 e. The van der Waals surface area contributed by atoms with Crippen LogP contribution in [0.5, 0.6) is 5.75 Å². The molecule has 0 unspecified atom stereocenters. The highest BCUT2D eigenvalue weighted by molar-refractivity contribution is 5.67. The zero-order valence-electron chi connectivity index (χ0n) is 16.8. The SMILES string of the molecule is CCOC(=O)N1CCC(N2CC[C@H](O)[C@@](O)(COc3cccc(C)c3)C2)CC1. The first-order valence-corrected chi connectivity index (χ1v) is 10.2. The van der Waals surface area contributed by atoms with E-state index in [0.29, 0.717) is 38.4 Å². The molecule has 0 bridgehead atoms. The van der Waals surface area contributed by atoms with Gasteiger partial charge in [0, 0.05) is 32.2 Å². The van der Waals surface area contributed by atoms with Gasteiger partial charge in [-0.2, -0.15) is 0 Å². The Hall–Kier alpha value is -1.83. The molecule has 0 aliphatic carbocycles. The fraction of sp³-hybridized carbons (Fsp3) is 0.667. The number of hydrogen-bond donors (Lipinski definition) is 2. The Morgan fingerprint density at radius 3 is 2.68 bits per heavy atom. The molecule has 2 aliphatic rings. The molecule has 1 aromatic carbocycles. The van der Waals surface area contributed by atoms with E-state index in [1.807, 2.05) is 38.1 Å². The molecule has 1 amide bonds. The summed E-state index contributed by atoms with van der Waals surface area (Å²) >= 11 is 0. The van der Waals surface area contributed by atoms with Gasteiger partial charge in [0.05, 0.1) is 12.7 Å². The summed E-state index contributed by atoms with van der Waals surface area (Å²) in [6.07, 6.45) is 1.12. The van der Waals surface area contributed by atoms with Gasteiger partial charge in [-0.3, -0.25) is 4.90 Å². The molecule has 0 saturated carbocycles. The number of piperidine rings is 2. The zero-order valence-corrected chi connectivity index (χ0v) is 16.8. The number of ether oxygens (including phenoxy) is 2. The van der Waals surface area contributed by atoms with Crippen molar-refractivity contribution in [3.63, 3.8) is 0 Å². The van der Waals surface area contributed by atoms with Crippen LogP contribution in [-0.4, -0.2) is 83.2 Å². The van der Waals surface area contributed by atoms with Gasteiger partial charge < -0.3 is 24.6 Å². The number of β-amino-alcohol motifs (C(OH)–C–C–N with tert-alkyl or cyclic N) is 1. The summed E-state index contributed by atoms with van der Waals surface area (Å²) in [6.45, 7) is 6.64. The molecule has 2 heterocycles. The topological polar surface area (TPSA) is 82.5 Å².